The number of methoxy groups -OCH3 is 1. The highest BCUT2D eigenvalue weighted by atomic mass is 16.5. The third-order valence-electron chi connectivity index (χ3n) is 4.25. The minimum Gasteiger partial charge on any atom is -0.496 e. The molecule has 0 spiro atoms. The molecule has 6 heteroatoms. The Balaban J connectivity index is 1.84. The van der Waals surface area contributed by atoms with Crippen molar-refractivity contribution in [1.29, 1.82) is 0 Å². The molecule has 1 amide bonds. The summed E-state index contributed by atoms with van der Waals surface area (Å²) in [5.74, 6) is 1.55. The van der Waals surface area contributed by atoms with Gasteiger partial charge in [0.2, 0.25) is 0 Å². The standard InChI is InChI=1S/C21H28N4O2/c1-15-5-10-19(27-4)18(13-15)11-12-24-21(23-3)25-14-16-6-8-17(9-7-16)20(26)22-2/h5-10,13H,11-12,14H2,1-4H3,(H,22,26)(H2,23,24,25). The zero-order valence-electron chi connectivity index (χ0n) is 16.4. The fraction of sp³-hybridized carbons (Fsp3) is 0.333. The van der Waals surface area contributed by atoms with Crippen LogP contribution >= 0.6 is 0 Å². The Hall–Kier alpha value is -3.02. The Bertz CT molecular complexity index is 785. The van der Waals surface area contributed by atoms with Crippen molar-refractivity contribution in [1.82, 2.24) is 16.0 Å². The van der Waals surface area contributed by atoms with Crippen LogP contribution in [0, 0.1) is 6.92 Å². The number of hydrogen-bond acceptors (Lipinski definition) is 3. The summed E-state index contributed by atoms with van der Waals surface area (Å²) in [4.78, 5) is 15.8. The number of aliphatic imine (C=N–C) groups is 1. The molecule has 6 nitrogen and oxygen atoms in total. The Morgan fingerprint density at radius 1 is 1.11 bits per heavy atom. The molecule has 2 aromatic rings. The molecule has 27 heavy (non-hydrogen) atoms. The van der Waals surface area contributed by atoms with E-state index in [1.807, 2.05) is 36.4 Å². The first-order chi connectivity index (χ1) is 13.1. The number of rotatable bonds is 7. The molecule has 0 atom stereocenters. The number of benzene rings is 2. The van der Waals surface area contributed by atoms with Gasteiger partial charge in [-0.25, -0.2) is 0 Å². The van der Waals surface area contributed by atoms with Gasteiger partial charge in [-0.2, -0.15) is 0 Å². The van der Waals surface area contributed by atoms with Gasteiger partial charge >= 0.3 is 0 Å². The van der Waals surface area contributed by atoms with Crippen LogP contribution in [-0.2, 0) is 13.0 Å². The molecule has 2 rings (SSSR count). The molecule has 0 radical (unpaired) electrons. The smallest absolute Gasteiger partial charge is 0.251 e. The average Bonchev–Trinajstić information content (AvgIpc) is 2.70. The third kappa shape index (κ3) is 6.02. The van der Waals surface area contributed by atoms with Crippen LogP contribution in [0.2, 0.25) is 0 Å². The van der Waals surface area contributed by atoms with Crippen molar-refractivity contribution in [3.8, 4) is 5.75 Å². The van der Waals surface area contributed by atoms with E-state index in [9.17, 15) is 4.79 Å². The minimum atomic E-state index is -0.0847. The molecule has 0 aliphatic rings. The predicted molar refractivity (Wildman–Crippen MR) is 109 cm³/mol. The first-order valence-electron chi connectivity index (χ1n) is 8.96. The summed E-state index contributed by atoms with van der Waals surface area (Å²) in [6.07, 6.45) is 0.840. The molecule has 0 aliphatic carbocycles. The van der Waals surface area contributed by atoms with E-state index in [0.717, 1.165) is 30.2 Å². The van der Waals surface area contributed by atoms with Crippen LogP contribution in [0.3, 0.4) is 0 Å². The van der Waals surface area contributed by atoms with Gasteiger partial charge in [-0.15, -0.1) is 0 Å². The number of aryl methyl sites for hydroxylation is 1. The highest BCUT2D eigenvalue weighted by Crippen LogP contribution is 2.19. The van der Waals surface area contributed by atoms with Gasteiger partial charge in [0, 0.05) is 32.7 Å². The monoisotopic (exact) mass is 368 g/mol. The molecule has 0 aliphatic heterocycles. The van der Waals surface area contributed by atoms with Gasteiger partial charge < -0.3 is 20.7 Å². The highest BCUT2D eigenvalue weighted by molar-refractivity contribution is 5.93. The van der Waals surface area contributed by atoms with Crippen molar-refractivity contribution >= 4 is 11.9 Å². The Kier molecular flexibility index (Phi) is 7.67. The van der Waals surface area contributed by atoms with Gasteiger partial charge in [-0.1, -0.05) is 29.8 Å². The molecule has 0 heterocycles. The van der Waals surface area contributed by atoms with E-state index in [1.165, 1.54) is 11.1 Å². The number of guanidine groups is 1. The van der Waals surface area contributed by atoms with E-state index in [0.29, 0.717) is 12.1 Å². The van der Waals surface area contributed by atoms with Crippen molar-refractivity contribution < 1.29 is 9.53 Å². The maximum absolute atomic E-state index is 11.6. The molecule has 2 aromatic carbocycles. The van der Waals surface area contributed by atoms with Gasteiger partial charge in [-0.05, 0) is 42.7 Å². The lowest BCUT2D eigenvalue weighted by atomic mass is 10.1. The normalized spacial score (nSPS) is 11.0. The third-order valence-corrected chi connectivity index (χ3v) is 4.25. The highest BCUT2D eigenvalue weighted by Gasteiger charge is 2.05. The second-order valence-electron chi connectivity index (χ2n) is 6.19. The zero-order chi connectivity index (χ0) is 19.6. The molecular weight excluding hydrogens is 340 g/mol. The van der Waals surface area contributed by atoms with Crippen molar-refractivity contribution in [2.24, 2.45) is 4.99 Å². The van der Waals surface area contributed by atoms with Crippen LogP contribution < -0.4 is 20.7 Å². The fourth-order valence-electron chi connectivity index (χ4n) is 2.74. The van der Waals surface area contributed by atoms with E-state index in [4.69, 9.17) is 4.74 Å². The van der Waals surface area contributed by atoms with E-state index < -0.39 is 0 Å². The first kappa shape index (κ1) is 20.3. The van der Waals surface area contributed by atoms with Crippen LogP contribution in [0.1, 0.15) is 27.0 Å². The summed E-state index contributed by atoms with van der Waals surface area (Å²) in [7, 11) is 5.06. The predicted octanol–water partition coefficient (Wildman–Crippen LogP) is 2.27. The van der Waals surface area contributed by atoms with Crippen LogP contribution in [0.4, 0.5) is 0 Å². The number of carbonyl (C=O) groups excluding carboxylic acids is 1. The Morgan fingerprint density at radius 2 is 1.85 bits per heavy atom. The number of nitrogens with zero attached hydrogens (tertiary/aromatic N) is 1. The summed E-state index contributed by atoms with van der Waals surface area (Å²) >= 11 is 0. The molecule has 3 N–H and O–H groups in total. The van der Waals surface area contributed by atoms with Crippen molar-refractivity contribution in [2.75, 3.05) is 27.7 Å². The number of nitrogens with one attached hydrogen (secondary N) is 3. The molecule has 0 bridgehead atoms. The van der Waals surface area contributed by atoms with Crippen molar-refractivity contribution in [3.05, 3.63) is 64.7 Å². The van der Waals surface area contributed by atoms with E-state index in [-0.39, 0.29) is 5.91 Å². The average molecular weight is 368 g/mol. The SMILES string of the molecule is CN=C(NCCc1cc(C)ccc1OC)NCc1ccc(C(=O)NC)cc1. The lowest BCUT2D eigenvalue weighted by Gasteiger charge is -2.14. The Labute approximate surface area is 161 Å². The van der Waals surface area contributed by atoms with Crippen LogP contribution in [0.25, 0.3) is 0 Å². The van der Waals surface area contributed by atoms with E-state index >= 15 is 0 Å². The van der Waals surface area contributed by atoms with E-state index in [2.05, 4.69) is 33.9 Å². The molecule has 0 saturated heterocycles. The lowest BCUT2D eigenvalue weighted by Crippen LogP contribution is -2.37. The number of amides is 1. The quantitative estimate of drug-likeness (QED) is 0.518. The second-order valence-corrected chi connectivity index (χ2v) is 6.19. The van der Waals surface area contributed by atoms with Crippen LogP contribution in [-0.4, -0.2) is 39.6 Å². The van der Waals surface area contributed by atoms with E-state index in [1.54, 1.807) is 21.2 Å². The fourth-order valence-corrected chi connectivity index (χ4v) is 2.74. The number of hydrogen-bond donors (Lipinski definition) is 3. The largest absolute Gasteiger partial charge is 0.496 e. The topological polar surface area (TPSA) is 74.8 Å². The van der Waals surface area contributed by atoms with Gasteiger partial charge in [0.25, 0.3) is 5.91 Å². The zero-order valence-corrected chi connectivity index (χ0v) is 16.4. The molecule has 0 fully saturated rings. The van der Waals surface area contributed by atoms with Crippen LogP contribution in [0.15, 0.2) is 47.5 Å². The molecule has 144 valence electrons. The van der Waals surface area contributed by atoms with Crippen molar-refractivity contribution in [2.45, 2.75) is 19.9 Å². The number of ether oxygens (including phenoxy) is 1. The van der Waals surface area contributed by atoms with Gasteiger partial charge in [-0.3, -0.25) is 9.79 Å². The summed E-state index contributed by atoms with van der Waals surface area (Å²) in [6.45, 7) is 3.45. The van der Waals surface area contributed by atoms with Gasteiger partial charge in [0.05, 0.1) is 7.11 Å². The second kappa shape index (κ2) is 10.2. The lowest BCUT2D eigenvalue weighted by molar-refractivity contribution is 0.0963. The molecular formula is C21H28N4O2. The summed E-state index contributed by atoms with van der Waals surface area (Å²) < 4.78 is 5.42. The summed E-state index contributed by atoms with van der Waals surface area (Å²) in [5.41, 5.74) is 4.11. The van der Waals surface area contributed by atoms with Gasteiger partial charge in [0.15, 0.2) is 5.96 Å². The molecule has 0 unspecified atom stereocenters. The summed E-state index contributed by atoms with van der Waals surface area (Å²) in [6, 6.07) is 13.7. The Morgan fingerprint density at radius 3 is 2.48 bits per heavy atom. The van der Waals surface area contributed by atoms with Crippen LogP contribution in [0.5, 0.6) is 5.75 Å². The maximum Gasteiger partial charge on any atom is 0.251 e. The maximum atomic E-state index is 11.6. The molecule has 0 aromatic heterocycles. The summed E-state index contributed by atoms with van der Waals surface area (Å²) in [5, 5.41) is 9.21. The number of carbonyl (C=O) groups is 1. The molecule has 0 saturated carbocycles. The first-order valence-corrected chi connectivity index (χ1v) is 8.96. The van der Waals surface area contributed by atoms with Crippen molar-refractivity contribution in [3.63, 3.8) is 0 Å². The minimum absolute atomic E-state index is 0.0847. The van der Waals surface area contributed by atoms with Gasteiger partial charge in [0.1, 0.15) is 5.75 Å².